The molecule has 1 aliphatic rings. The first-order valence-corrected chi connectivity index (χ1v) is 10.8. The number of carbonyl (C=O) groups excluding carboxylic acids is 1. The summed E-state index contributed by atoms with van der Waals surface area (Å²) < 4.78 is 29.3. The first kappa shape index (κ1) is 21.9. The molecule has 0 saturated carbocycles. The van der Waals surface area contributed by atoms with Crippen LogP contribution in [-0.2, 0) is 0 Å². The molecule has 0 bridgehead atoms. The summed E-state index contributed by atoms with van der Waals surface area (Å²) in [5.74, 6) is -0.634. The van der Waals surface area contributed by atoms with E-state index in [1.807, 2.05) is 0 Å². The van der Waals surface area contributed by atoms with Crippen LogP contribution in [0, 0.1) is 5.82 Å². The number of fused-ring (bicyclic) bond motifs is 1. The van der Waals surface area contributed by atoms with Crippen molar-refractivity contribution in [3.8, 4) is 16.9 Å². The third-order valence-corrected chi connectivity index (χ3v) is 6.12. The van der Waals surface area contributed by atoms with Gasteiger partial charge < -0.3 is 14.8 Å². The smallest absolute Gasteiger partial charge is 0.258 e. The van der Waals surface area contributed by atoms with Gasteiger partial charge in [0.25, 0.3) is 11.5 Å². The van der Waals surface area contributed by atoms with Crippen molar-refractivity contribution in [2.75, 3.05) is 27.2 Å². The van der Waals surface area contributed by atoms with E-state index in [0.717, 1.165) is 0 Å². The van der Waals surface area contributed by atoms with Gasteiger partial charge in [-0.1, -0.05) is 5.21 Å². The zero-order valence-electron chi connectivity index (χ0n) is 18.6. The number of aromatic amines is 1. The zero-order chi connectivity index (χ0) is 24.0. The largest absolute Gasteiger partial charge is 0.334 e. The second kappa shape index (κ2) is 8.45. The molecule has 1 N–H and O–H groups in total. The topological polar surface area (TPSA) is 87.1 Å². The predicted molar refractivity (Wildman–Crippen MR) is 123 cm³/mol. The zero-order valence-corrected chi connectivity index (χ0v) is 18.6. The summed E-state index contributed by atoms with van der Waals surface area (Å²) in [5.41, 5.74) is 1.84. The van der Waals surface area contributed by atoms with E-state index in [1.54, 1.807) is 55.5 Å². The lowest BCUT2D eigenvalue weighted by atomic mass is 10.1. The summed E-state index contributed by atoms with van der Waals surface area (Å²) in [6, 6.07) is 12.1. The fourth-order valence-electron chi connectivity index (χ4n) is 4.22. The molecule has 0 unspecified atom stereocenters. The number of halogens is 2. The van der Waals surface area contributed by atoms with Gasteiger partial charge in [-0.25, -0.2) is 13.5 Å². The molecule has 1 amide bonds. The molecule has 10 heteroatoms. The molecule has 2 aromatic carbocycles. The number of H-pyrrole nitrogens is 1. The summed E-state index contributed by atoms with van der Waals surface area (Å²) in [6.07, 6.45) is 0.504. The number of likely N-dealkylation sites (N-methyl/N-ethyl adjacent to an activating group) is 1. The van der Waals surface area contributed by atoms with Crippen LogP contribution in [0.15, 0.2) is 59.5 Å². The average molecular weight is 464 g/mol. The van der Waals surface area contributed by atoms with Crippen LogP contribution in [0.4, 0.5) is 8.78 Å². The minimum atomic E-state index is -1.08. The second-order valence-corrected chi connectivity index (χ2v) is 8.60. The molecule has 2 aromatic heterocycles. The lowest BCUT2D eigenvalue weighted by Crippen LogP contribution is -2.36. The first-order chi connectivity index (χ1) is 16.3. The van der Waals surface area contributed by atoms with Crippen LogP contribution in [0.2, 0.25) is 0 Å². The van der Waals surface area contributed by atoms with E-state index in [4.69, 9.17) is 0 Å². The van der Waals surface area contributed by atoms with E-state index in [2.05, 4.69) is 15.3 Å². The molecule has 1 fully saturated rings. The van der Waals surface area contributed by atoms with Crippen molar-refractivity contribution in [3.63, 3.8) is 0 Å². The van der Waals surface area contributed by atoms with E-state index >= 15 is 0 Å². The molecule has 0 radical (unpaired) electrons. The highest BCUT2D eigenvalue weighted by atomic mass is 19.1. The minimum absolute atomic E-state index is 0.0695. The molecule has 5 rings (SSSR count). The predicted octanol–water partition coefficient (Wildman–Crippen LogP) is 2.64. The van der Waals surface area contributed by atoms with Gasteiger partial charge in [-0.05, 0) is 62.6 Å². The van der Waals surface area contributed by atoms with Crippen molar-refractivity contribution < 1.29 is 13.6 Å². The Kier molecular flexibility index (Phi) is 5.45. The van der Waals surface area contributed by atoms with Crippen molar-refractivity contribution in [2.45, 2.75) is 12.2 Å². The van der Waals surface area contributed by atoms with Gasteiger partial charge in [0.15, 0.2) is 0 Å². The van der Waals surface area contributed by atoms with Crippen molar-refractivity contribution in [2.24, 2.45) is 0 Å². The number of nitrogens with zero attached hydrogens (tertiary/aromatic N) is 5. The average Bonchev–Trinajstić information content (AvgIpc) is 3.46. The fourth-order valence-corrected chi connectivity index (χ4v) is 4.22. The Morgan fingerprint density at radius 3 is 2.59 bits per heavy atom. The maximum Gasteiger partial charge on any atom is 0.258 e. The van der Waals surface area contributed by atoms with Crippen LogP contribution in [0.3, 0.4) is 0 Å². The number of nitrogens with one attached hydrogen (secondary N) is 1. The normalized spacial score (nSPS) is 18.2. The van der Waals surface area contributed by atoms with Gasteiger partial charge in [0.1, 0.15) is 17.7 Å². The van der Waals surface area contributed by atoms with Crippen molar-refractivity contribution in [3.05, 3.63) is 76.5 Å². The maximum absolute atomic E-state index is 14.2. The van der Waals surface area contributed by atoms with Crippen LogP contribution in [0.1, 0.15) is 10.4 Å². The highest BCUT2D eigenvalue weighted by Crippen LogP contribution is 2.22. The molecule has 0 aliphatic carbocycles. The molecule has 174 valence electrons. The molecule has 3 heterocycles. The van der Waals surface area contributed by atoms with E-state index in [9.17, 15) is 18.4 Å². The molecule has 8 nitrogen and oxygen atoms in total. The first-order valence-electron chi connectivity index (χ1n) is 10.8. The summed E-state index contributed by atoms with van der Waals surface area (Å²) >= 11 is 0. The van der Waals surface area contributed by atoms with Gasteiger partial charge in [-0.15, -0.1) is 5.10 Å². The molecule has 0 spiro atoms. The van der Waals surface area contributed by atoms with Crippen LogP contribution in [0.5, 0.6) is 0 Å². The van der Waals surface area contributed by atoms with Gasteiger partial charge in [-0.3, -0.25) is 9.59 Å². The van der Waals surface area contributed by atoms with Crippen molar-refractivity contribution >= 4 is 16.8 Å². The number of aromatic nitrogens is 4. The van der Waals surface area contributed by atoms with Crippen molar-refractivity contribution in [1.29, 1.82) is 0 Å². The summed E-state index contributed by atoms with van der Waals surface area (Å²) in [7, 11) is 3.60. The van der Waals surface area contributed by atoms with Crippen LogP contribution in [-0.4, -0.2) is 75.1 Å². The number of alkyl halides is 1. The highest BCUT2D eigenvalue weighted by molar-refractivity contribution is 5.94. The Bertz CT molecular complexity index is 1430. The third-order valence-electron chi connectivity index (χ3n) is 6.12. The highest BCUT2D eigenvalue weighted by Gasteiger charge is 2.36. The Balaban J connectivity index is 1.37. The minimum Gasteiger partial charge on any atom is -0.334 e. The lowest BCUT2D eigenvalue weighted by molar-refractivity contribution is 0.0779. The van der Waals surface area contributed by atoms with E-state index < -0.39 is 12.0 Å². The number of carbonyl (C=O) groups is 1. The van der Waals surface area contributed by atoms with Gasteiger partial charge in [0.05, 0.1) is 30.0 Å². The maximum atomic E-state index is 14.2. The second-order valence-electron chi connectivity index (χ2n) is 8.60. The third kappa shape index (κ3) is 3.96. The number of likely N-dealkylation sites (tertiary alicyclic amines) is 1. The summed E-state index contributed by atoms with van der Waals surface area (Å²) in [4.78, 5) is 31.3. The number of hydrogen-bond donors (Lipinski definition) is 1. The molecule has 4 aromatic rings. The fraction of sp³-hybridized carbons (Fsp3) is 0.250. The molecular formula is C24H22F2N6O2. The Labute approximate surface area is 193 Å². The Morgan fingerprint density at radius 2 is 1.88 bits per heavy atom. The van der Waals surface area contributed by atoms with Gasteiger partial charge in [0.2, 0.25) is 0 Å². The van der Waals surface area contributed by atoms with Crippen LogP contribution in [0.25, 0.3) is 27.8 Å². The van der Waals surface area contributed by atoms with E-state index in [0.29, 0.717) is 34.4 Å². The van der Waals surface area contributed by atoms with Gasteiger partial charge in [0, 0.05) is 23.0 Å². The number of rotatable bonds is 4. The number of amides is 1. The van der Waals surface area contributed by atoms with Crippen LogP contribution < -0.4 is 5.56 Å². The number of benzene rings is 2. The summed E-state index contributed by atoms with van der Waals surface area (Å²) in [6.45, 7) is 0.408. The Morgan fingerprint density at radius 1 is 1.12 bits per heavy atom. The van der Waals surface area contributed by atoms with Gasteiger partial charge in [-0.2, -0.15) is 0 Å². The lowest BCUT2D eigenvalue weighted by Gasteiger charge is -2.20. The van der Waals surface area contributed by atoms with E-state index in [1.165, 1.54) is 27.8 Å². The molecule has 1 saturated heterocycles. The number of hydrogen-bond acceptors (Lipinski definition) is 5. The quantitative estimate of drug-likeness (QED) is 0.502. The molecule has 34 heavy (non-hydrogen) atoms. The standard InChI is InChI=1S/C24H22F2N6O2/c1-30(2)22-13-31(11-19(22)26)24(34)14-3-6-17(7-4-14)32-12-21(28-29-32)18-10-15-9-16(25)5-8-20(15)27-23(18)33/h3-10,12,19,22H,11,13H2,1-2H3,(H,27,33)/t19-,22-/m0/s1. The monoisotopic (exact) mass is 464 g/mol. The van der Waals surface area contributed by atoms with Crippen LogP contribution >= 0.6 is 0 Å². The molecule has 2 atom stereocenters. The summed E-state index contributed by atoms with van der Waals surface area (Å²) in [5, 5.41) is 8.71. The molecular weight excluding hydrogens is 442 g/mol. The molecule has 1 aliphatic heterocycles. The van der Waals surface area contributed by atoms with Gasteiger partial charge >= 0.3 is 0 Å². The van der Waals surface area contributed by atoms with E-state index in [-0.39, 0.29) is 29.6 Å². The number of pyridine rings is 1. The SMILES string of the molecule is CN(C)[C@H]1CN(C(=O)c2ccc(-n3cc(-c4cc5cc(F)ccc5[nH]c4=O)nn3)cc2)C[C@@H]1F. The van der Waals surface area contributed by atoms with Crippen molar-refractivity contribution in [1.82, 2.24) is 29.8 Å². The Hall–Kier alpha value is -3.92.